The molecule has 1 saturated carbocycles. The lowest BCUT2D eigenvalue weighted by Crippen LogP contribution is -2.23. The Morgan fingerprint density at radius 2 is 2.19 bits per heavy atom. The average molecular weight is 311 g/mol. The van der Waals surface area contributed by atoms with Gasteiger partial charge in [0, 0.05) is 30.9 Å². The van der Waals surface area contributed by atoms with Gasteiger partial charge in [0.1, 0.15) is 0 Å². The maximum Gasteiger partial charge on any atom is 0.185 e. The number of anilines is 1. The van der Waals surface area contributed by atoms with E-state index in [4.69, 9.17) is 9.72 Å². The minimum Gasteiger partial charge on any atom is -0.377 e. The Hall–Kier alpha value is -0.650. The van der Waals surface area contributed by atoms with Crippen LogP contribution >= 0.6 is 11.3 Å². The largest absolute Gasteiger partial charge is 0.377 e. The van der Waals surface area contributed by atoms with Gasteiger partial charge < -0.3 is 15.0 Å². The fraction of sp³-hybridized carbons (Fsp3) is 0.812. The molecule has 1 fully saturated rings. The number of thiazole rings is 1. The van der Waals surface area contributed by atoms with Crippen molar-refractivity contribution in [1.82, 2.24) is 10.3 Å². The lowest BCUT2D eigenvalue weighted by molar-refractivity contribution is 0.0846. The molecule has 5 heteroatoms. The summed E-state index contributed by atoms with van der Waals surface area (Å²) in [5.74, 6) is 0.716. The van der Waals surface area contributed by atoms with Crippen molar-refractivity contribution in [3.05, 3.63) is 10.6 Å². The molecular formula is C16H29N3OS. The number of likely N-dealkylation sites (N-methyl/N-ethyl adjacent to an activating group) is 1. The number of nitrogens with one attached hydrogen (secondary N) is 1. The zero-order valence-electron chi connectivity index (χ0n) is 13.8. The summed E-state index contributed by atoms with van der Waals surface area (Å²) < 4.78 is 5.63. The molecule has 2 rings (SSSR count). The molecule has 21 heavy (non-hydrogen) atoms. The normalized spacial score (nSPS) is 14.9. The van der Waals surface area contributed by atoms with Crippen LogP contribution in [0.3, 0.4) is 0 Å². The van der Waals surface area contributed by atoms with E-state index in [-0.39, 0.29) is 0 Å². The van der Waals surface area contributed by atoms with Crippen molar-refractivity contribution >= 4 is 16.5 Å². The summed E-state index contributed by atoms with van der Waals surface area (Å²) >= 11 is 1.84. The van der Waals surface area contributed by atoms with Crippen molar-refractivity contribution in [2.75, 3.05) is 31.6 Å². The molecule has 1 aromatic heterocycles. The van der Waals surface area contributed by atoms with Gasteiger partial charge in [0.05, 0.1) is 18.4 Å². The van der Waals surface area contributed by atoms with Crippen LogP contribution < -0.4 is 10.2 Å². The number of rotatable bonds is 10. The van der Waals surface area contributed by atoms with Crippen molar-refractivity contribution in [2.24, 2.45) is 0 Å². The Balaban J connectivity index is 1.94. The summed E-state index contributed by atoms with van der Waals surface area (Å²) in [4.78, 5) is 8.55. The van der Waals surface area contributed by atoms with Gasteiger partial charge in [-0.25, -0.2) is 4.98 Å². The van der Waals surface area contributed by atoms with Crippen molar-refractivity contribution in [3.8, 4) is 0 Å². The third-order valence-electron chi connectivity index (χ3n) is 3.60. The van der Waals surface area contributed by atoms with Gasteiger partial charge in [0.15, 0.2) is 5.13 Å². The van der Waals surface area contributed by atoms with Crippen LogP contribution in [0.5, 0.6) is 0 Å². The Labute approximate surface area is 132 Å². The molecule has 0 atom stereocenters. The summed E-state index contributed by atoms with van der Waals surface area (Å²) in [6.07, 6.45) is 4.09. The monoisotopic (exact) mass is 311 g/mol. The van der Waals surface area contributed by atoms with Gasteiger partial charge >= 0.3 is 0 Å². The molecule has 0 unspecified atom stereocenters. The van der Waals surface area contributed by atoms with E-state index in [1.54, 1.807) is 0 Å². The fourth-order valence-corrected chi connectivity index (χ4v) is 3.32. The molecule has 1 aliphatic rings. The second-order valence-corrected chi connectivity index (χ2v) is 7.16. The highest BCUT2D eigenvalue weighted by Gasteiger charge is 2.30. The number of aromatic nitrogens is 1. The highest BCUT2D eigenvalue weighted by molar-refractivity contribution is 7.15. The van der Waals surface area contributed by atoms with Crippen LogP contribution in [0.25, 0.3) is 0 Å². The van der Waals surface area contributed by atoms with Crippen LogP contribution in [0.1, 0.15) is 56.5 Å². The van der Waals surface area contributed by atoms with Gasteiger partial charge in [-0.3, -0.25) is 0 Å². The van der Waals surface area contributed by atoms with E-state index in [1.165, 1.54) is 29.8 Å². The summed E-state index contributed by atoms with van der Waals surface area (Å²) in [6.45, 7) is 10.1. The fourth-order valence-electron chi connectivity index (χ4n) is 2.22. The minimum atomic E-state index is 0.297. The van der Waals surface area contributed by atoms with Crippen molar-refractivity contribution in [3.63, 3.8) is 0 Å². The number of hydrogen-bond donors (Lipinski definition) is 1. The van der Waals surface area contributed by atoms with Crippen LogP contribution in [-0.2, 0) is 11.3 Å². The van der Waals surface area contributed by atoms with E-state index in [0.717, 1.165) is 31.4 Å². The van der Waals surface area contributed by atoms with Crippen LogP contribution in [0, 0.1) is 0 Å². The molecule has 1 heterocycles. The highest BCUT2D eigenvalue weighted by Crippen LogP contribution is 2.44. The Morgan fingerprint density at radius 3 is 2.81 bits per heavy atom. The zero-order valence-corrected chi connectivity index (χ0v) is 14.6. The molecule has 0 bridgehead atoms. The van der Waals surface area contributed by atoms with E-state index >= 15 is 0 Å². The molecule has 0 saturated heterocycles. The molecule has 0 radical (unpaired) electrons. The van der Waals surface area contributed by atoms with Gasteiger partial charge in [-0.05, 0) is 39.7 Å². The predicted octanol–water partition coefficient (Wildman–Crippen LogP) is 3.38. The topological polar surface area (TPSA) is 37.4 Å². The molecule has 0 spiro atoms. The molecule has 1 N–H and O–H groups in total. The van der Waals surface area contributed by atoms with Crippen molar-refractivity contribution in [1.29, 1.82) is 0 Å². The molecule has 120 valence electrons. The van der Waals surface area contributed by atoms with Crippen LogP contribution in [0.2, 0.25) is 0 Å². The molecule has 1 aliphatic carbocycles. The van der Waals surface area contributed by atoms with E-state index in [0.29, 0.717) is 12.0 Å². The van der Waals surface area contributed by atoms with Gasteiger partial charge in [0.2, 0.25) is 0 Å². The third kappa shape index (κ3) is 5.24. The average Bonchev–Trinajstić information content (AvgIpc) is 3.19. The summed E-state index contributed by atoms with van der Waals surface area (Å²) in [7, 11) is 2.11. The maximum atomic E-state index is 5.63. The first-order chi connectivity index (χ1) is 10.1. The van der Waals surface area contributed by atoms with Gasteiger partial charge in [-0.15, -0.1) is 11.3 Å². The smallest absolute Gasteiger partial charge is 0.185 e. The molecule has 4 nitrogen and oxygen atoms in total. The molecule has 0 amide bonds. The van der Waals surface area contributed by atoms with E-state index in [9.17, 15) is 0 Å². The van der Waals surface area contributed by atoms with Crippen LogP contribution in [0.15, 0.2) is 0 Å². The van der Waals surface area contributed by atoms with E-state index in [2.05, 4.69) is 38.0 Å². The SMILES string of the molecule is CCCNCc1sc(N(C)CCOC(C)C)nc1C1CC1. The number of hydrogen-bond acceptors (Lipinski definition) is 5. The van der Waals surface area contributed by atoms with Crippen LogP contribution in [0.4, 0.5) is 5.13 Å². The van der Waals surface area contributed by atoms with Gasteiger partial charge in [-0.1, -0.05) is 6.92 Å². The molecule has 1 aromatic rings. The Morgan fingerprint density at radius 1 is 1.43 bits per heavy atom. The Kier molecular flexibility index (Phi) is 6.45. The molecule has 0 aromatic carbocycles. The second kappa shape index (κ2) is 8.11. The number of ether oxygens (including phenoxy) is 1. The van der Waals surface area contributed by atoms with Crippen molar-refractivity contribution in [2.45, 2.75) is 58.6 Å². The van der Waals surface area contributed by atoms with Crippen LogP contribution in [-0.4, -0.2) is 37.8 Å². The molecule has 0 aliphatic heterocycles. The minimum absolute atomic E-state index is 0.297. The zero-order chi connectivity index (χ0) is 15.2. The first-order valence-corrected chi connectivity index (χ1v) is 8.96. The first kappa shape index (κ1) is 16.7. The van der Waals surface area contributed by atoms with Crippen molar-refractivity contribution < 1.29 is 4.74 Å². The quantitative estimate of drug-likeness (QED) is 0.672. The summed E-state index contributed by atoms with van der Waals surface area (Å²) in [5, 5.41) is 4.65. The van der Waals surface area contributed by atoms with Gasteiger partial charge in [0.25, 0.3) is 0 Å². The molecular weight excluding hydrogens is 282 g/mol. The van der Waals surface area contributed by atoms with E-state index in [1.807, 2.05) is 11.3 Å². The lowest BCUT2D eigenvalue weighted by Gasteiger charge is -2.16. The standard InChI is InChI=1S/C16H29N3OS/c1-5-8-17-11-14-15(13-6-7-13)18-16(21-14)19(4)9-10-20-12(2)3/h12-13,17H,5-11H2,1-4H3. The summed E-state index contributed by atoms with van der Waals surface area (Å²) in [6, 6.07) is 0. The third-order valence-corrected chi connectivity index (χ3v) is 4.78. The first-order valence-electron chi connectivity index (χ1n) is 8.14. The summed E-state index contributed by atoms with van der Waals surface area (Å²) in [5.41, 5.74) is 1.34. The second-order valence-electron chi connectivity index (χ2n) is 6.10. The van der Waals surface area contributed by atoms with E-state index < -0.39 is 0 Å². The number of nitrogens with zero attached hydrogens (tertiary/aromatic N) is 2. The predicted molar refractivity (Wildman–Crippen MR) is 90.4 cm³/mol. The van der Waals surface area contributed by atoms with Gasteiger partial charge in [-0.2, -0.15) is 0 Å². The Bertz CT molecular complexity index is 429. The lowest BCUT2D eigenvalue weighted by atomic mass is 10.2. The highest BCUT2D eigenvalue weighted by atomic mass is 32.1. The maximum absolute atomic E-state index is 5.63.